The van der Waals surface area contributed by atoms with E-state index in [0.717, 1.165) is 31.9 Å². The predicted octanol–water partition coefficient (Wildman–Crippen LogP) is 1.95. The van der Waals surface area contributed by atoms with Crippen molar-refractivity contribution >= 4 is 35.8 Å². The molecule has 1 aliphatic rings. The Bertz CT molecular complexity index is 749. The number of aliphatic imine (C=N–C) groups is 1. The van der Waals surface area contributed by atoms with Gasteiger partial charge in [-0.1, -0.05) is 0 Å². The molecular weight excluding hydrogens is 460 g/mol. The van der Waals surface area contributed by atoms with Crippen LogP contribution >= 0.6 is 24.0 Å². The van der Waals surface area contributed by atoms with E-state index in [9.17, 15) is 4.39 Å². The van der Waals surface area contributed by atoms with Crippen molar-refractivity contribution in [2.45, 2.75) is 25.8 Å². The Kier molecular flexibility index (Phi) is 8.26. The minimum absolute atomic E-state index is 0. The molecule has 0 aromatic carbocycles. The van der Waals surface area contributed by atoms with E-state index in [1.807, 2.05) is 31.3 Å². The van der Waals surface area contributed by atoms with Gasteiger partial charge in [-0.25, -0.2) is 9.37 Å². The molecule has 0 bridgehead atoms. The van der Waals surface area contributed by atoms with Crippen molar-refractivity contribution in [1.82, 2.24) is 25.4 Å². The molecule has 0 aliphatic carbocycles. The van der Waals surface area contributed by atoms with E-state index in [-0.39, 0.29) is 35.8 Å². The molecule has 1 aliphatic heterocycles. The number of pyridine rings is 1. The van der Waals surface area contributed by atoms with Crippen LogP contribution in [0, 0.1) is 5.82 Å². The Morgan fingerprint density at radius 3 is 3.00 bits per heavy atom. The second-order valence-corrected chi connectivity index (χ2v) is 6.42. The van der Waals surface area contributed by atoms with E-state index in [1.165, 1.54) is 11.6 Å². The first-order chi connectivity index (χ1) is 12.7. The molecule has 1 fully saturated rings. The largest absolute Gasteiger partial charge is 0.357 e. The molecule has 27 heavy (non-hydrogen) atoms. The third-order valence-corrected chi connectivity index (χ3v) is 4.34. The highest BCUT2D eigenvalue weighted by atomic mass is 127. The van der Waals surface area contributed by atoms with Gasteiger partial charge in [-0.2, -0.15) is 5.10 Å². The van der Waals surface area contributed by atoms with Crippen molar-refractivity contribution in [3.05, 3.63) is 42.1 Å². The first-order valence-corrected chi connectivity index (χ1v) is 9.03. The summed E-state index contributed by atoms with van der Waals surface area (Å²) >= 11 is 0. The van der Waals surface area contributed by atoms with Crippen LogP contribution in [0.15, 0.2) is 35.7 Å². The summed E-state index contributed by atoms with van der Waals surface area (Å²) in [5.74, 6) is 0.949. The second kappa shape index (κ2) is 10.4. The molecule has 0 spiro atoms. The van der Waals surface area contributed by atoms with Crippen LogP contribution in [0.4, 0.5) is 10.2 Å². The Morgan fingerprint density at radius 1 is 1.44 bits per heavy atom. The maximum atomic E-state index is 13.9. The molecule has 7 nitrogen and oxygen atoms in total. The lowest BCUT2D eigenvalue weighted by molar-refractivity contribution is 0.612. The minimum atomic E-state index is -0.273. The van der Waals surface area contributed by atoms with E-state index in [4.69, 9.17) is 0 Å². The number of halogens is 2. The van der Waals surface area contributed by atoms with Crippen molar-refractivity contribution in [1.29, 1.82) is 0 Å². The van der Waals surface area contributed by atoms with Crippen molar-refractivity contribution in [2.24, 2.45) is 12.0 Å². The molecule has 2 aromatic rings. The molecule has 2 N–H and O–H groups in total. The second-order valence-electron chi connectivity index (χ2n) is 6.42. The van der Waals surface area contributed by atoms with Gasteiger partial charge >= 0.3 is 0 Å². The molecule has 0 radical (unpaired) electrons. The summed E-state index contributed by atoms with van der Waals surface area (Å²) in [4.78, 5) is 10.8. The highest BCUT2D eigenvalue weighted by Gasteiger charge is 2.25. The first-order valence-electron chi connectivity index (χ1n) is 9.03. The van der Waals surface area contributed by atoms with Crippen LogP contribution in [0.3, 0.4) is 0 Å². The molecule has 148 valence electrons. The van der Waals surface area contributed by atoms with Gasteiger partial charge in [0.15, 0.2) is 17.6 Å². The van der Waals surface area contributed by atoms with Crippen LogP contribution in [0.2, 0.25) is 0 Å². The molecule has 0 saturated carbocycles. The van der Waals surface area contributed by atoms with Gasteiger partial charge in [-0.15, -0.1) is 24.0 Å². The average Bonchev–Trinajstić information content (AvgIpc) is 3.25. The maximum absolute atomic E-state index is 13.9. The number of hydrogen-bond donors (Lipinski definition) is 2. The fraction of sp³-hybridized carbons (Fsp3) is 0.500. The number of hydrogen-bond acceptors (Lipinski definition) is 4. The molecule has 3 rings (SSSR count). The Balaban J connectivity index is 0.00000261. The monoisotopic (exact) mass is 487 g/mol. The SMILES string of the molecule is CCNC(=NCCc1cnn(C)c1)NC1CCN(c2ncccc2F)C1.I. The van der Waals surface area contributed by atoms with Crippen LogP contribution in [0.25, 0.3) is 0 Å². The normalized spacial score (nSPS) is 16.9. The highest BCUT2D eigenvalue weighted by molar-refractivity contribution is 14.0. The van der Waals surface area contributed by atoms with E-state index in [0.29, 0.717) is 18.9 Å². The molecule has 9 heteroatoms. The van der Waals surface area contributed by atoms with Crippen molar-refractivity contribution in [2.75, 3.05) is 31.1 Å². The lowest BCUT2D eigenvalue weighted by atomic mass is 10.2. The Labute approximate surface area is 176 Å². The molecule has 1 unspecified atom stereocenters. The molecular formula is C18H27FIN7. The molecule has 3 heterocycles. The van der Waals surface area contributed by atoms with Crippen LogP contribution in [-0.4, -0.2) is 52.9 Å². The number of nitrogens with one attached hydrogen (secondary N) is 2. The van der Waals surface area contributed by atoms with Gasteiger partial charge in [-0.05, 0) is 37.5 Å². The van der Waals surface area contributed by atoms with E-state index in [1.54, 1.807) is 16.9 Å². The quantitative estimate of drug-likeness (QED) is 0.371. The summed E-state index contributed by atoms with van der Waals surface area (Å²) in [5, 5.41) is 10.9. The summed E-state index contributed by atoms with van der Waals surface area (Å²) in [5.41, 5.74) is 1.17. The van der Waals surface area contributed by atoms with Gasteiger partial charge in [-0.3, -0.25) is 9.67 Å². The Morgan fingerprint density at radius 2 is 2.30 bits per heavy atom. The van der Waals surface area contributed by atoms with E-state index < -0.39 is 0 Å². The van der Waals surface area contributed by atoms with Crippen LogP contribution in [-0.2, 0) is 13.5 Å². The summed E-state index contributed by atoms with van der Waals surface area (Å²) in [6.07, 6.45) is 7.27. The van der Waals surface area contributed by atoms with Gasteiger partial charge < -0.3 is 15.5 Å². The molecule has 1 saturated heterocycles. The zero-order valence-corrected chi connectivity index (χ0v) is 18.1. The third-order valence-electron chi connectivity index (χ3n) is 4.34. The van der Waals surface area contributed by atoms with Gasteiger partial charge in [0.25, 0.3) is 0 Å². The topological polar surface area (TPSA) is 70.4 Å². The van der Waals surface area contributed by atoms with Crippen molar-refractivity contribution in [3.63, 3.8) is 0 Å². The fourth-order valence-corrected chi connectivity index (χ4v) is 3.09. The number of aryl methyl sites for hydroxylation is 1. The summed E-state index contributed by atoms with van der Waals surface area (Å²) in [6.45, 7) is 5.01. The smallest absolute Gasteiger partial charge is 0.191 e. The highest BCUT2D eigenvalue weighted by Crippen LogP contribution is 2.20. The molecule has 2 aromatic heterocycles. The lowest BCUT2D eigenvalue weighted by Crippen LogP contribution is -2.44. The Hall–Kier alpha value is -1.91. The molecule has 0 amide bonds. The average molecular weight is 487 g/mol. The van der Waals surface area contributed by atoms with E-state index >= 15 is 0 Å². The fourth-order valence-electron chi connectivity index (χ4n) is 3.09. The minimum Gasteiger partial charge on any atom is -0.357 e. The van der Waals surface area contributed by atoms with Crippen molar-refractivity contribution < 1.29 is 4.39 Å². The van der Waals surface area contributed by atoms with Crippen LogP contribution < -0.4 is 15.5 Å². The number of guanidine groups is 1. The predicted molar refractivity (Wildman–Crippen MR) is 116 cm³/mol. The van der Waals surface area contributed by atoms with Crippen LogP contribution in [0.1, 0.15) is 18.9 Å². The zero-order valence-electron chi connectivity index (χ0n) is 15.7. The van der Waals surface area contributed by atoms with Crippen LogP contribution in [0.5, 0.6) is 0 Å². The number of rotatable bonds is 6. The summed E-state index contributed by atoms with van der Waals surface area (Å²) < 4.78 is 15.7. The zero-order chi connectivity index (χ0) is 18.4. The number of anilines is 1. The van der Waals surface area contributed by atoms with E-state index in [2.05, 4.69) is 25.7 Å². The number of nitrogens with zero attached hydrogens (tertiary/aromatic N) is 5. The van der Waals surface area contributed by atoms with Gasteiger partial charge in [0.05, 0.1) is 6.20 Å². The van der Waals surface area contributed by atoms with Crippen molar-refractivity contribution in [3.8, 4) is 0 Å². The standard InChI is InChI=1S/C18H26FN7.HI/c1-3-20-18(22-9-6-14-11-23-25(2)12-14)24-15-7-10-26(13-15)17-16(19)5-4-8-21-17;/h4-5,8,11-12,15H,3,6-7,9-10,13H2,1-2H3,(H2,20,22,24);1H. The lowest BCUT2D eigenvalue weighted by Gasteiger charge is -2.19. The summed E-state index contributed by atoms with van der Waals surface area (Å²) in [7, 11) is 1.91. The molecule has 1 atom stereocenters. The van der Waals surface area contributed by atoms with Gasteiger partial charge in [0, 0.05) is 51.7 Å². The number of aromatic nitrogens is 3. The first kappa shape index (κ1) is 21.4. The van der Waals surface area contributed by atoms with Gasteiger partial charge in [0.2, 0.25) is 0 Å². The maximum Gasteiger partial charge on any atom is 0.191 e. The third kappa shape index (κ3) is 6.05. The summed E-state index contributed by atoms with van der Waals surface area (Å²) in [6, 6.07) is 3.28. The van der Waals surface area contributed by atoms with Gasteiger partial charge in [0.1, 0.15) is 0 Å².